The molecule has 18 heavy (non-hydrogen) atoms. The monoisotopic (exact) mass is 250 g/mol. The van der Waals surface area contributed by atoms with Crippen molar-refractivity contribution >= 4 is 11.6 Å². The van der Waals surface area contributed by atoms with Gasteiger partial charge in [0.2, 0.25) is 5.91 Å². The molecular weight excluding hydrogens is 228 g/mol. The Kier molecular flexibility index (Phi) is 6.39. The van der Waals surface area contributed by atoms with Crippen molar-refractivity contribution in [2.24, 2.45) is 0 Å². The zero-order valence-corrected chi connectivity index (χ0v) is 11.1. The summed E-state index contributed by atoms with van der Waals surface area (Å²) in [7, 11) is 1.79. The van der Waals surface area contributed by atoms with E-state index in [9.17, 15) is 4.79 Å². The van der Waals surface area contributed by atoms with Gasteiger partial charge in [0.1, 0.15) is 0 Å². The maximum Gasteiger partial charge on any atom is 0.228 e. The topological polar surface area (TPSA) is 52.6 Å². The van der Waals surface area contributed by atoms with Crippen LogP contribution in [0.2, 0.25) is 0 Å². The lowest BCUT2D eigenvalue weighted by Gasteiger charge is -2.20. The highest BCUT2D eigenvalue weighted by Crippen LogP contribution is 2.12. The number of rotatable bonds is 7. The van der Waals surface area contributed by atoms with Gasteiger partial charge in [0.05, 0.1) is 0 Å². The van der Waals surface area contributed by atoms with Crippen molar-refractivity contribution in [1.29, 1.82) is 0 Å². The van der Waals surface area contributed by atoms with Crippen molar-refractivity contribution in [3.8, 4) is 0 Å². The number of hydrogen-bond acceptors (Lipinski definition) is 3. The van der Waals surface area contributed by atoms with Crippen LogP contribution in [0.1, 0.15) is 19.8 Å². The predicted octanol–water partition coefficient (Wildman–Crippen LogP) is 1.40. The van der Waals surface area contributed by atoms with Crippen LogP contribution in [-0.2, 0) is 4.79 Å². The standard InChI is InChI=1S/C14H22N2O2/c1-12(15-9-6-10-17)11-14(18)16(2)13-7-4-3-5-8-13/h3-5,7-8,12,15,17H,6,9-11H2,1-2H3. The van der Waals surface area contributed by atoms with E-state index in [1.165, 1.54) is 0 Å². The summed E-state index contributed by atoms with van der Waals surface area (Å²) in [5.74, 6) is 0.0881. The summed E-state index contributed by atoms with van der Waals surface area (Å²) in [4.78, 5) is 13.7. The number of carbonyl (C=O) groups excluding carboxylic acids is 1. The van der Waals surface area contributed by atoms with Crippen LogP contribution in [0.25, 0.3) is 0 Å². The van der Waals surface area contributed by atoms with Gasteiger partial charge in [-0.05, 0) is 32.0 Å². The number of nitrogens with zero attached hydrogens (tertiary/aromatic N) is 1. The first-order valence-electron chi connectivity index (χ1n) is 6.31. The minimum atomic E-state index is 0.0881. The van der Waals surface area contributed by atoms with Crippen LogP contribution in [0.4, 0.5) is 5.69 Å². The lowest BCUT2D eigenvalue weighted by atomic mass is 10.2. The summed E-state index contributed by atoms with van der Waals surface area (Å²) in [6.45, 7) is 2.89. The lowest BCUT2D eigenvalue weighted by molar-refractivity contribution is -0.118. The van der Waals surface area contributed by atoms with Crippen molar-refractivity contribution in [3.05, 3.63) is 30.3 Å². The molecule has 1 aromatic carbocycles. The second kappa shape index (κ2) is 7.84. The highest BCUT2D eigenvalue weighted by atomic mass is 16.3. The number of benzene rings is 1. The minimum absolute atomic E-state index is 0.0881. The highest BCUT2D eigenvalue weighted by molar-refractivity contribution is 5.93. The number of anilines is 1. The van der Waals surface area contributed by atoms with Crippen LogP contribution in [0.3, 0.4) is 0 Å². The number of aliphatic hydroxyl groups is 1. The van der Waals surface area contributed by atoms with Gasteiger partial charge in [-0.15, -0.1) is 0 Å². The van der Waals surface area contributed by atoms with Crippen LogP contribution in [0.5, 0.6) is 0 Å². The molecule has 1 unspecified atom stereocenters. The molecule has 4 heteroatoms. The van der Waals surface area contributed by atoms with Crippen LogP contribution in [0.15, 0.2) is 30.3 Å². The fourth-order valence-electron chi connectivity index (χ4n) is 1.69. The van der Waals surface area contributed by atoms with E-state index in [4.69, 9.17) is 5.11 Å². The first-order valence-corrected chi connectivity index (χ1v) is 6.31. The number of nitrogens with one attached hydrogen (secondary N) is 1. The van der Waals surface area contributed by atoms with Gasteiger partial charge in [0.25, 0.3) is 0 Å². The summed E-state index contributed by atoms with van der Waals surface area (Å²) in [5, 5.41) is 11.9. The maximum atomic E-state index is 12.0. The Bertz CT molecular complexity index is 354. The molecule has 1 amide bonds. The molecule has 0 spiro atoms. The smallest absolute Gasteiger partial charge is 0.228 e. The van der Waals surface area contributed by atoms with Gasteiger partial charge >= 0.3 is 0 Å². The molecule has 0 radical (unpaired) electrons. The van der Waals surface area contributed by atoms with Gasteiger partial charge in [-0.3, -0.25) is 4.79 Å². The van der Waals surface area contributed by atoms with Crippen molar-refractivity contribution in [3.63, 3.8) is 0 Å². The summed E-state index contributed by atoms with van der Waals surface area (Å²) in [6.07, 6.45) is 1.17. The molecule has 0 aliphatic heterocycles. The van der Waals surface area contributed by atoms with Gasteiger partial charge in [0.15, 0.2) is 0 Å². The van der Waals surface area contributed by atoms with E-state index in [0.717, 1.165) is 12.2 Å². The summed E-state index contributed by atoms with van der Waals surface area (Å²) in [6, 6.07) is 9.73. The average molecular weight is 250 g/mol. The molecule has 0 aromatic heterocycles. The Labute approximate surface area is 109 Å². The van der Waals surface area contributed by atoms with Gasteiger partial charge in [0, 0.05) is 31.8 Å². The van der Waals surface area contributed by atoms with E-state index in [0.29, 0.717) is 12.8 Å². The van der Waals surface area contributed by atoms with Crippen LogP contribution in [0, 0.1) is 0 Å². The summed E-state index contributed by atoms with van der Waals surface area (Å²) < 4.78 is 0. The van der Waals surface area contributed by atoms with Crippen LogP contribution >= 0.6 is 0 Å². The van der Waals surface area contributed by atoms with Crippen molar-refractivity contribution in [2.75, 3.05) is 25.1 Å². The highest BCUT2D eigenvalue weighted by Gasteiger charge is 2.13. The zero-order chi connectivity index (χ0) is 13.4. The number of carbonyl (C=O) groups is 1. The van der Waals surface area contributed by atoms with Crippen LogP contribution in [-0.4, -0.2) is 37.3 Å². The molecule has 0 aliphatic carbocycles. The third-order valence-electron chi connectivity index (χ3n) is 2.83. The Balaban J connectivity index is 2.40. The average Bonchev–Trinajstić information content (AvgIpc) is 2.39. The number of aliphatic hydroxyl groups excluding tert-OH is 1. The predicted molar refractivity (Wildman–Crippen MR) is 73.6 cm³/mol. The molecular formula is C14H22N2O2. The van der Waals surface area contributed by atoms with Crippen molar-refractivity contribution in [1.82, 2.24) is 5.32 Å². The molecule has 0 heterocycles. The number of hydrogen-bond donors (Lipinski definition) is 2. The zero-order valence-electron chi connectivity index (χ0n) is 11.1. The van der Waals surface area contributed by atoms with E-state index in [1.807, 2.05) is 37.3 Å². The van der Waals surface area contributed by atoms with E-state index >= 15 is 0 Å². The second-order valence-corrected chi connectivity index (χ2v) is 4.42. The van der Waals surface area contributed by atoms with Crippen molar-refractivity contribution in [2.45, 2.75) is 25.8 Å². The minimum Gasteiger partial charge on any atom is -0.396 e. The van der Waals surface area contributed by atoms with E-state index in [-0.39, 0.29) is 18.6 Å². The van der Waals surface area contributed by atoms with E-state index in [2.05, 4.69) is 5.32 Å². The van der Waals surface area contributed by atoms with Gasteiger partial charge in [-0.25, -0.2) is 0 Å². The number of amides is 1. The quantitative estimate of drug-likeness (QED) is 0.719. The third kappa shape index (κ3) is 4.85. The fourth-order valence-corrected chi connectivity index (χ4v) is 1.69. The molecule has 1 aromatic rings. The largest absolute Gasteiger partial charge is 0.396 e. The molecule has 0 bridgehead atoms. The molecule has 2 N–H and O–H groups in total. The SMILES string of the molecule is CC(CC(=O)N(C)c1ccccc1)NCCCO. The van der Waals surface area contributed by atoms with Crippen molar-refractivity contribution < 1.29 is 9.90 Å². The van der Waals surface area contributed by atoms with E-state index in [1.54, 1.807) is 11.9 Å². The summed E-state index contributed by atoms with van der Waals surface area (Å²) in [5.41, 5.74) is 0.907. The third-order valence-corrected chi connectivity index (χ3v) is 2.83. The van der Waals surface area contributed by atoms with E-state index < -0.39 is 0 Å². The Hall–Kier alpha value is -1.39. The van der Waals surface area contributed by atoms with Gasteiger partial charge in [-0.1, -0.05) is 18.2 Å². The molecule has 0 aliphatic rings. The molecule has 100 valence electrons. The van der Waals surface area contributed by atoms with Gasteiger partial charge in [-0.2, -0.15) is 0 Å². The van der Waals surface area contributed by atoms with Crippen LogP contribution < -0.4 is 10.2 Å². The molecule has 1 rings (SSSR count). The molecule has 4 nitrogen and oxygen atoms in total. The lowest BCUT2D eigenvalue weighted by Crippen LogP contribution is -2.35. The van der Waals surface area contributed by atoms with Gasteiger partial charge < -0.3 is 15.3 Å². The first kappa shape index (κ1) is 14.7. The molecule has 1 atom stereocenters. The Morgan fingerprint density at radius 1 is 1.39 bits per heavy atom. The number of para-hydroxylation sites is 1. The molecule has 0 fully saturated rings. The second-order valence-electron chi connectivity index (χ2n) is 4.42. The fraction of sp³-hybridized carbons (Fsp3) is 0.500. The summed E-state index contributed by atoms with van der Waals surface area (Å²) >= 11 is 0. The molecule has 0 saturated heterocycles. The Morgan fingerprint density at radius 2 is 2.06 bits per heavy atom. The molecule has 0 saturated carbocycles. The first-order chi connectivity index (χ1) is 8.65. The Morgan fingerprint density at radius 3 is 2.67 bits per heavy atom. The maximum absolute atomic E-state index is 12.0. The normalized spacial score (nSPS) is 12.2.